The van der Waals surface area contributed by atoms with Gasteiger partial charge in [-0.05, 0) is 24.3 Å². The molecule has 0 bridgehead atoms. The highest BCUT2D eigenvalue weighted by atomic mass is 16.5. The fourth-order valence-corrected chi connectivity index (χ4v) is 1.48. The van der Waals surface area contributed by atoms with E-state index in [0.29, 0.717) is 24.4 Å². The zero-order valence-electron chi connectivity index (χ0n) is 12.0. The number of anilines is 1. The van der Waals surface area contributed by atoms with Crippen LogP contribution in [0, 0.1) is 0 Å². The third kappa shape index (κ3) is 6.05. The maximum Gasteiger partial charge on any atom is 0.315 e. The molecule has 0 saturated heterocycles. The molecule has 0 heterocycles. The lowest BCUT2D eigenvalue weighted by atomic mass is 10.2. The van der Waals surface area contributed by atoms with E-state index in [-0.39, 0.29) is 12.3 Å². The molecule has 2 N–H and O–H groups in total. The van der Waals surface area contributed by atoms with Crippen LogP contribution in [0.1, 0.15) is 16.8 Å². The number of hydrogen-bond acceptors (Lipinski definition) is 5. The molecule has 2 amide bonds. The number of esters is 1. The Kier molecular flexibility index (Phi) is 6.90. The predicted molar refractivity (Wildman–Crippen MR) is 75.9 cm³/mol. The Morgan fingerprint density at radius 3 is 2.33 bits per heavy atom. The molecule has 0 unspecified atom stereocenters. The molecule has 114 valence electrons. The highest BCUT2D eigenvalue weighted by molar-refractivity contribution is 6.02. The molecule has 0 aliphatic heterocycles. The summed E-state index contributed by atoms with van der Waals surface area (Å²) in [6.45, 7) is 0.861. The largest absolute Gasteiger partial charge is 0.469 e. The maximum atomic E-state index is 11.7. The van der Waals surface area contributed by atoms with E-state index in [2.05, 4.69) is 15.4 Å². The number of benzene rings is 1. The zero-order valence-corrected chi connectivity index (χ0v) is 12.0. The first-order valence-electron chi connectivity index (χ1n) is 6.30. The smallest absolute Gasteiger partial charge is 0.315 e. The summed E-state index contributed by atoms with van der Waals surface area (Å²) in [4.78, 5) is 34.1. The van der Waals surface area contributed by atoms with Crippen LogP contribution in [0.3, 0.4) is 0 Å². The lowest BCUT2D eigenvalue weighted by Crippen LogP contribution is -2.26. The Bertz CT molecular complexity index is 499. The number of carbonyl (C=O) groups excluding carboxylic acids is 3. The molecule has 0 aliphatic carbocycles. The van der Waals surface area contributed by atoms with Gasteiger partial charge in [-0.1, -0.05) is 0 Å². The standard InChI is InChI=1S/C14H18N2O5/c1-20-8-7-15-14(19)10-3-5-11(6-4-10)16-12(17)9-13(18)21-2/h3-6H,7-9H2,1-2H3,(H,15,19)(H,16,17). The maximum absolute atomic E-state index is 11.7. The number of nitrogens with one attached hydrogen (secondary N) is 2. The summed E-state index contributed by atoms with van der Waals surface area (Å²) in [6.07, 6.45) is -0.351. The summed E-state index contributed by atoms with van der Waals surface area (Å²) in [5, 5.41) is 5.22. The summed E-state index contributed by atoms with van der Waals surface area (Å²) in [6, 6.07) is 6.33. The Hall–Kier alpha value is -2.41. The van der Waals surface area contributed by atoms with Crippen molar-refractivity contribution in [3.8, 4) is 0 Å². The first kappa shape index (κ1) is 16.6. The molecule has 0 aromatic heterocycles. The van der Waals surface area contributed by atoms with Crippen molar-refractivity contribution in [1.29, 1.82) is 0 Å². The van der Waals surface area contributed by atoms with Crippen molar-refractivity contribution < 1.29 is 23.9 Å². The van der Waals surface area contributed by atoms with E-state index >= 15 is 0 Å². The summed E-state index contributed by atoms with van der Waals surface area (Å²) >= 11 is 0. The van der Waals surface area contributed by atoms with Crippen LogP contribution in [0.15, 0.2) is 24.3 Å². The number of rotatable bonds is 7. The van der Waals surface area contributed by atoms with Crippen LogP contribution >= 0.6 is 0 Å². The average molecular weight is 294 g/mol. The minimum Gasteiger partial charge on any atom is -0.469 e. The van der Waals surface area contributed by atoms with Gasteiger partial charge in [-0.2, -0.15) is 0 Å². The van der Waals surface area contributed by atoms with Crippen molar-refractivity contribution in [2.75, 3.05) is 32.7 Å². The van der Waals surface area contributed by atoms with Gasteiger partial charge in [0, 0.05) is 24.9 Å². The van der Waals surface area contributed by atoms with Crippen molar-refractivity contribution in [3.63, 3.8) is 0 Å². The summed E-state index contributed by atoms with van der Waals surface area (Å²) in [7, 11) is 2.77. The lowest BCUT2D eigenvalue weighted by molar-refractivity contribution is -0.142. The van der Waals surface area contributed by atoms with E-state index in [1.165, 1.54) is 7.11 Å². The van der Waals surface area contributed by atoms with Gasteiger partial charge in [-0.15, -0.1) is 0 Å². The second-order valence-electron chi connectivity index (χ2n) is 4.13. The van der Waals surface area contributed by atoms with Crippen molar-refractivity contribution >= 4 is 23.5 Å². The van der Waals surface area contributed by atoms with Crippen LogP contribution in [0.25, 0.3) is 0 Å². The van der Waals surface area contributed by atoms with Crippen LogP contribution in [-0.2, 0) is 19.1 Å². The van der Waals surface area contributed by atoms with Gasteiger partial charge >= 0.3 is 5.97 Å². The highest BCUT2D eigenvalue weighted by Crippen LogP contribution is 2.10. The molecule has 0 fully saturated rings. The first-order chi connectivity index (χ1) is 10.1. The minimum atomic E-state index is -0.610. The molecule has 0 spiro atoms. The van der Waals surface area contributed by atoms with Crippen LogP contribution in [0.2, 0.25) is 0 Å². The molecule has 1 aromatic rings. The normalized spacial score (nSPS) is 9.81. The predicted octanol–water partition coefficient (Wildman–Crippen LogP) is 0.564. The molecule has 0 saturated carbocycles. The van der Waals surface area contributed by atoms with E-state index in [4.69, 9.17) is 4.74 Å². The second-order valence-corrected chi connectivity index (χ2v) is 4.13. The van der Waals surface area contributed by atoms with Crippen LogP contribution in [-0.4, -0.2) is 45.2 Å². The third-order valence-corrected chi connectivity index (χ3v) is 2.56. The number of methoxy groups -OCH3 is 2. The average Bonchev–Trinajstić information content (AvgIpc) is 2.47. The minimum absolute atomic E-state index is 0.223. The van der Waals surface area contributed by atoms with Gasteiger partial charge < -0.3 is 20.1 Å². The monoisotopic (exact) mass is 294 g/mol. The van der Waals surface area contributed by atoms with Gasteiger partial charge in [0.2, 0.25) is 5.91 Å². The van der Waals surface area contributed by atoms with Crippen molar-refractivity contribution in [3.05, 3.63) is 29.8 Å². The van der Waals surface area contributed by atoms with E-state index in [9.17, 15) is 14.4 Å². The van der Waals surface area contributed by atoms with Gasteiger partial charge in [0.05, 0.1) is 13.7 Å². The molecular weight excluding hydrogens is 276 g/mol. The summed E-state index contributed by atoms with van der Waals surface area (Å²) in [5.74, 6) is -1.31. The van der Waals surface area contributed by atoms with Crippen LogP contribution in [0.4, 0.5) is 5.69 Å². The SMILES string of the molecule is COCCNC(=O)c1ccc(NC(=O)CC(=O)OC)cc1. The number of carbonyl (C=O) groups is 3. The van der Waals surface area contributed by atoms with Gasteiger partial charge in [0.25, 0.3) is 5.91 Å². The lowest BCUT2D eigenvalue weighted by Gasteiger charge is -2.07. The van der Waals surface area contributed by atoms with Gasteiger partial charge in [0.1, 0.15) is 6.42 Å². The number of amides is 2. The quantitative estimate of drug-likeness (QED) is 0.435. The van der Waals surface area contributed by atoms with Crippen molar-refractivity contribution in [2.45, 2.75) is 6.42 Å². The highest BCUT2D eigenvalue weighted by Gasteiger charge is 2.10. The topological polar surface area (TPSA) is 93.7 Å². The Balaban J connectivity index is 2.51. The van der Waals surface area contributed by atoms with E-state index in [1.807, 2.05) is 0 Å². The van der Waals surface area contributed by atoms with Gasteiger partial charge in [-0.25, -0.2) is 0 Å². The summed E-state index contributed by atoms with van der Waals surface area (Å²) < 4.78 is 9.22. The van der Waals surface area contributed by atoms with Crippen LogP contribution in [0.5, 0.6) is 0 Å². The third-order valence-electron chi connectivity index (χ3n) is 2.56. The molecule has 0 radical (unpaired) electrons. The Morgan fingerprint density at radius 2 is 1.76 bits per heavy atom. The molecule has 1 aromatic carbocycles. The van der Waals surface area contributed by atoms with Crippen molar-refractivity contribution in [2.24, 2.45) is 0 Å². The molecular formula is C14H18N2O5. The molecule has 7 nitrogen and oxygen atoms in total. The number of ether oxygens (including phenoxy) is 2. The molecule has 0 aliphatic rings. The molecule has 0 atom stereocenters. The van der Waals surface area contributed by atoms with E-state index < -0.39 is 11.9 Å². The van der Waals surface area contributed by atoms with E-state index in [1.54, 1.807) is 31.4 Å². The molecule has 1 rings (SSSR count). The summed E-state index contributed by atoms with van der Waals surface area (Å²) in [5.41, 5.74) is 0.967. The van der Waals surface area contributed by atoms with Crippen molar-refractivity contribution in [1.82, 2.24) is 5.32 Å². The second kappa shape index (κ2) is 8.70. The fraction of sp³-hybridized carbons (Fsp3) is 0.357. The number of hydrogen-bond donors (Lipinski definition) is 2. The Morgan fingerprint density at radius 1 is 1.10 bits per heavy atom. The Labute approximate surface area is 122 Å². The van der Waals surface area contributed by atoms with Gasteiger partial charge in [-0.3, -0.25) is 14.4 Å². The zero-order chi connectivity index (χ0) is 15.7. The fourth-order valence-electron chi connectivity index (χ4n) is 1.48. The van der Waals surface area contributed by atoms with Gasteiger partial charge in [0.15, 0.2) is 0 Å². The van der Waals surface area contributed by atoms with E-state index in [0.717, 1.165) is 0 Å². The first-order valence-corrected chi connectivity index (χ1v) is 6.30. The molecule has 21 heavy (non-hydrogen) atoms. The molecule has 7 heteroatoms. The van der Waals surface area contributed by atoms with Crippen LogP contribution < -0.4 is 10.6 Å².